The Morgan fingerprint density at radius 1 is 0.521 bits per heavy atom. The molecule has 6 unspecified atom stereocenters. The molecule has 0 aliphatic rings. The maximum atomic E-state index is 11.1. The summed E-state index contributed by atoms with van der Waals surface area (Å²) < 4.78 is 32.6. The van der Waals surface area contributed by atoms with Crippen LogP contribution in [0.3, 0.4) is 0 Å². The molecule has 440 valence electrons. The van der Waals surface area contributed by atoms with Crippen LogP contribution in [0.15, 0.2) is 0 Å². The molecule has 0 rings (SSSR count). The Morgan fingerprint density at radius 2 is 0.836 bits per heavy atom. The summed E-state index contributed by atoms with van der Waals surface area (Å²) in [6.07, 6.45) is -5.29. The van der Waals surface area contributed by atoms with Crippen molar-refractivity contribution in [1.82, 2.24) is 34.7 Å². The molecule has 0 aromatic heterocycles. The van der Waals surface area contributed by atoms with Gasteiger partial charge < -0.3 is 118 Å². The second-order valence-electron chi connectivity index (χ2n) is 16.3. The second-order valence-corrected chi connectivity index (χ2v) is 16.3. The molecule has 0 bridgehead atoms. The molecular weight excluding hydrogens is 1220 g/mol. The van der Waals surface area contributed by atoms with Gasteiger partial charge >= 0.3 is 0 Å². The summed E-state index contributed by atoms with van der Waals surface area (Å²) in [5.41, 5.74) is 0. The summed E-state index contributed by atoms with van der Waals surface area (Å²) in [4.78, 5) is 70.2. The molecule has 0 radical (unpaired) electrons. The molecule has 28 heteroatoms. The van der Waals surface area contributed by atoms with E-state index in [2.05, 4.69) is 5.32 Å². The molecule has 0 saturated heterocycles. The summed E-state index contributed by atoms with van der Waals surface area (Å²) in [6.45, 7) is 6.09. The number of carbonyl (C=O) groups is 5. The molecule has 73 heavy (non-hydrogen) atoms. The first-order valence-corrected chi connectivity index (χ1v) is 23.5. The van der Waals surface area contributed by atoms with E-state index in [9.17, 15) is 59.4 Å². The number of hydrogen-bond donors (Lipinski definition) is 9. The number of aldehydes is 3. The number of aliphatic hydroxyl groups excluding tert-OH is 8. The summed E-state index contributed by atoms with van der Waals surface area (Å²) in [7, 11) is 13.8. The maximum Gasteiger partial charge on any atom is 0.236 e. The van der Waals surface area contributed by atoms with Gasteiger partial charge in [0.15, 0.2) is 0 Å². The number of rotatable bonds is 44. The minimum absolute atomic E-state index is 0. The molecular formula is C45H92FmN7O20-. The molecule has 0 fully saturated rings. The van der Waals surface area contributed by atoms with Gasteiger partial charge in [0.25, 0.3) is 0 Å². The van der Waals surface area contributed by atoms with Crippen molar-refractivity contribution in [3.63, 3.8) is 0 Å². The van der Waals surface area contributed by atoms with Crippen LogP contribution in [-0.2, 0) is 57.2 Å². The Morgan fingerprint density at radius 3 is 1.10 bits per heavy atom. The Hall–Kier alpha value is -4.30. The first-order chi connectivity index (χ1) is 34.2. The zero-order valence-electron chi connectivity index (χ0n) is 44.3. The van der Waals surface area contributed by atoms with Crippen molar-refractivity contribution < 1.29 is 98.0 Å². The van der Waals surface area contributed by atoms with Crippen LogP contribution in [0.2, 0.25) is 0 Å². The third kappa shape index (κ3) is 52.4. The number of likely N-dealkylation sites (N-methyl/N-ethyl adjacent to an activating group) is 6. The Bertz CT molecular complexity index is 1220. The molecule has 0 aromatic rings. The van der Waals surface area contributed by atoms with Crippen LogP contribution < -0.4 is 5.32 Å². The van der Waals surface area contributed by atoms with Crippen LogP contribution in [0.1, 0.15) is 12.8 Å². The van der Waals surface area contributed by atoms with Crippen molar-refractivity contribution in [2.24, 2.45) is 0 Å². The van der Waals surface area contributed by atoms with E-state index in [1.807, 2.05) is 35.2 Å². The van der Waals surface area contributed by atoms with Gasteiger partial charge in [-0.05, 0) is 55.1 Å². The molecule has 3 amide bonds. The largest absolute Gasteiger partial charge is 0.520 e. The molecule has 0 spiro atoms. The summed E-state index contributed by atoms with van der Waals surface area (Å²) in [5.74, 6) is -0.0794. The van der Waals surface area contributed by atoms with Crippen molar-refractivity contribution in [3.05, 3.63) is 0 Å². The van der Waals surface area contributed by atoms with Crippen LogP contribution in [0, 0.1) is 0 Å². The van der Waals surface area contributed by atoms with Gasteiger partial charge in [-0.3, -0.25) is 14.5 Å². The number of hydrogen-bond acceptors (Lipinski definition) is 24. The van der Waals surface area contributed by atoms with Gasteiger partial charge in [0.05, 0.1) is 130 Å². The quantitative estimate of drug-likeness (QED) is 0.0118. The standard InChI is InChI=1S/C27H58N2O14.2C7H14N2O2.C4H6NO2.Fm/c1-28-4-8-38-10-12-40-14-16-42-18-19-43-17-15-41-13-11-39-9-5-29(20-24(34)26(36)22(32)2-6-30)21-25(35)27(37)23(33)3-7-31;2*1-8(2)6-7(11)9(3)4-5-10;1-5(4-7)2-3-6;/h22-28,30-37H,2-21H2,1H3;2*5H,4,6H2,1-3H3;3H,2H2,1H3;/q;;;-1;. The van der Waals surface area contributed by atoms with E-state index >= 15 is 0 Å². The molecule has 0 aromatic carbocycles. The summed E-state index contributed by atoms with van der Waals surface area (Å²) >= 11 is 0. The van der Waals surface area contributed by atoms with Gasteiger partial charge in [0.1, 0.15) is 31.1 Å². The van der Waals surface area contributed by atoms with Gasteiger partial charge in [-0.1, -0.05) is 0 Å². The number of nitrogens with zero attached hydrogens (tertiary/aromatic N) is 6. The summed E-state index contributed by atoms with van der Waals surface area (Å²) in [6, 6.07) is 0. The van der Waals surface area contributed by atoms with Crippen molar-refractivity contribution in [2.75, 3.05) is 208 Å². The van der Waals surface area contributed by atoms with E-state index in [4.69, 9.17) is 38.6 Å². The van der Waals surface area contributed by atoms with Crippen molar-refractivity contribution in [3.8, 4) is 0 Å². The van der Waals surface area contributed by atoms with Crippen LogP contribution >= 0.6 is 0 Å². The number of ether oxygens (including phenoxy) is 6. The maximum absolute atomic E-state index is 11.1. The monoisotopic (exact) mass is 1310 g/mol. The Kier molecular flexibility index (Phi) is 58.9. The van der Waals surface area contributed by atoms with E-state index in [0.717, 1.165) is 11.4 Å². The van der Waals surface area contributed by atoms with Crippen LogP contribution in [0.4, 0.5) is 0 Å². The van der Waals surface area contributed by atoms with E-state index < -0.39 is 36.6 Å². The molecule has 0 aliphatic carbocycles. The number of nitrogens with one attached hydrogen (secondary N) is 1. The second kappa shape index (κ2) is 55.5. The van der Waals surface area contributed by atoms with Crippen LogP contribution in [0.5, 0.6) is 0 Å². The van der Waals surface area contributed by atoms with Gasteiger partial charge in [-0.2, -0.15) is 6.41 Å². The number of carbonyl (C=O) groups excluding carboxylic acids is 6. The third-order valence-electron chi connectivity index (χ3n) is 9.18. The van der Waals surface area contributed by atoms with E-state index in [1.54, 1.807) is 23.9 Å². The summed E-state index contributed by atoms with van der Waals surface area (Å²) in [5, 5.41) is 81.5. The molecule has 9 N–H and O–H groups in total. The average molecular weight is 1310 g/mol. The predicted octanol–water partition coefficient (Wildman–Crippen LogP) is -6.87. The average Bonchev–Trinajstić information content (AvgIpc) is 3.33. The van der Waals surface area contributed by atoms with Gasteiger partial charge in [0, 0.05) is 60.0 Å². The van der Waals surface area contributed by atoms with E-state index in [1.165, 1.54) is 28.2 Å². The van der Waals surface area contributed by atoms with E-state index in [-0.39, 0.29) is 90.4 Å². The first-order valence-electron chi connectivity index (χ1n) is 23.5. The van der Waals surface area contributed by atoms with Crippen molar-refractivity contribution >= 4 is 37.1 Å². The van der Waals surface area contributed by atoms with Gasteiger partial charge in [-0.15, -0.1) is 0 Å². The number of amides is 3. The third-order valence-corrected chi connectivity index (χ3v) is 9.18. The minimum atomic E-state index is -1.54. The fraction of sp³-hybridized carbons (Fsp3) is 0.867. The molecule has 0 saturated carbocycles. The zero-order valence-corrected chi connectivity index (χ0v) is 46.7. The zero-order chi connectivity index (χ0) is 55.5. The Balaban J connectivity index is -0.000000411. The molecule has 0 heterocycles. The van der Waals surface area contributed by atoms with Crippen molar-refractivity contribution in [2.45, 2.75) is 49.5 Å². The van der Waals surface area contributed by atoms with Gasteiger partial charge in [-0.25, -0.2) is 0 Å². The Labute approximate surface area is 426 Å². The van der Waals surface area contributed by atoms with Gasteiger partial charge in [0.2, 0.25) is 11.8 Å². The smallest absolute Gasteiger partial charge is 0.236 e. The molecule has 27 nitrogen and oxygen atoms in total. The van der Waals surface area contributed by atoms with Crippen LogP contribution in [0.25, 0.3) is 0 Å². The van der Waals surface area contributed by atoms with E-state index in [0.29, 0.717) is 98.0 Å². The van der Waals surface area contributed by atoms with Crippen molar-refractivity contribution in [1.29, 1.82) is 0 Å². The topological polar surface area (TPSA) is 351 Å². The molecule has 6 atom stereocenters. The molecule has 0 aliphatic heterocycles. The minimum Gasteiger partial charge on any atom is -0.520 e. The number of aliphatic hydroxyl groups is 8. The predicted molar refractivity (Wildman–Crippen MR) is 264 cm³/mol. The first kappa shape index (κ1) is 77.6. The fourth-order valence-corrected chi connectivity index (χ4v) is 5.05. The fourth-order valence-electron chi connectivity index (χ4n) is 5.05. The van der Waals surface area contributed by atoms with Crippen LogP contribution in [-0.4, -0.2) is 352 Å². The normalized spacial score (nSPS) is 13.3. The SMILES string of the molecule is CN(C)CC(=O)N(C)CC=O.CN(C)CC(=O)N(C)CC=O.CN([C-]=O)CC=O.CNCCOCCOCCOCCOCCOCCOCCN(CC(O)C(O)C(O)CCO)CC(O)C(O)C(O)CCO.[Fm].